The van der Waals surface area contributed by atoms with E-state index in [2.05, 4.69) is 24.1 Å². The average molecular weight is 276 g/mol. The molecule has 0 saturated carbocycles. The molecule has 3 heteroatoms. The zero-order valence-electron chi connectivity index (χ0n) is 12.8. The normalized spacial score (nSPS) is 19.1. The molecule has 1 aliphatic rings. The molecule has 1 aromatic carbocycles. The van der Waals surface area contributed by atoms with Crippen molar-refractivity contribution in [3.8, 4) is 5.75 Å². The van der Waals surface area contributed by atoms with Crippen molar-refractivity contribution in [3.63, 3.8) is 0 Å². The summed E-state index contributed by atoms with van der Waals surface area (Å²) in [5.41, 5.74) is 1.27. The third kappa shape index (κ3) is 5.14. The van der Waals surface area contributed by atoms with Gasteiger partial charge in [0.15, 0.2) is 0 Å². The number of nitrogens with one attached hydrogen (secondary N) is 1. The highest BCUT2D eigenvalue weighted by Gasteiger charge is 2.15. The second-order valence-corrected chi connectivity index (χ2v) is 6.25. The fourth-order valence-electron chi connectivity index (χ4n) is 2.81. The van der Waals surface area contributed by atoms with Gasteiger partial charge in [-0.1, -0.05) is 19.1 Å². The van der Waals surface area contributed by atoms with Gasteiger partial charge in [0.05, 0.1) is 0 Å². The summed E-state index contributed by atoms with van der Waals surface area (Å²) >= 11 is 0. The maximum atomic E-state index is 9.27. The number of hydrogen-bond donors (Lipinski definition) is 2. The SMILES string of the molecule is CC1CCN(CCNC(C)Cc2ccc(O)cc2)CC1. The van der Waals surface area contributed by atoms with Crippen LogP contribution in [-0.4, -0.2) is 42.2 Å². The number of nitrogens with zero attached hydrogens (tertiary/aromatic N) is 1. The van der Waals surface area contributed by atoms with Crippen molar-refractivity contribution in [2.24, 2.45) is 5.92 Å². The minimum absolute atomic E-state index is 0.341. The Balaban J connectivity index is 1.62. The van der Waals surface area contributed by atoms with E-state index >= 15 is 0 Å². The van der Waals surface area contributed by atoms with E-state index in [9.17, 15) is 5.11 Å². The smallest absolute Gasteiger partial charge is 0.115 e. The Morgan fingerprint density at radius 1 is 1.25 bits per heavy atom. The summed E-state index contributed by atoms with van der Waals surface area (Å²) in [6, 6.07) is 8.00. The maximum absolute atomic E-state index is 9.27. The summed E-state index contributed by atoms with van der Waals surface area (Å²) in [7, 11) is 0. The first kappa shape index (κ1) is 15.3. The summed E-state index contributed by atoms with van der Waals surface area (Å²) in [5.74, 6) is 1.25. The second kappa shape index (κ2) is 7.65. The lowest BCUT2D eigenvalue weighted by atomic mass is 9.99. The van der Waals surface area contributed by atoms with Gasteiger partial charge in [0.2, 0.25) is 0 Å². The fraction of sp³-hybridized carbons (Fsp3) is 0.647. The first-order chi connectivity index (χ1) is 9.63. The molecule has 0 bridgehead atoms. The molecule has 1 heterocycles. The Labute approximate surface area is 123 Å². The number of likely N-dealkylation sites (tertiary alicyclic amines) is 1. The van der Waals surface area contributed by atoms with Gasteiger partial charge in [-0.15, -0.1) is 0 Å². The Morgan fingerprint density at radius 2 is 1.90 bits per heavy atom. The number of phenols is 1. The molecule has 1 unspecified atom stereocenters. The van der Waals surface area contributed by atoms with Crippen LogP contribution < -0.4 is 5.32 Å². The van der Waals surface area contributed by atoms with E-state index in [0.717, 1.165) is 25.4 Å². The van der Waals surface area contributed by atoms with Crippen LogP contribution >= 0.6 is 0 Å². The van der Waals surface area contributed by atoms with Gasteiger partial charge in [-0.2, -0.15) is 0 Å². The van der Waals surface area contributed by atoms with Gasteiger partial charge in [0.25, 0.3) is 0 Å². The molecule has 0 aromatic heterocycles. The molecule has 1 aliphatic heterocycles. The Bertz CT molecular complexity index is 382. The highest BCUT2D eigenvalue weighted by molar-refractivity contribution is 5.26. The van der Waals surface area contributed by atoms with E-state index in [4.69, 9.17) is 0 Å². The molecule has 3 nitrogen and oxygen atoms in total. The van der Waals surface area contributed by atoms with Crippen LogP contribution in [-0.2, 0) is 6.42 Å². The fourth-order valence-corrected chi connectivity index (χ4v) is 2.81. The number of phenolic OH excluding ortho intramolecular Hbond substituents is 1. The van der Waals surface area contributed by atoms with Gasteiger partial charge in [-0.3, -0.25) is 0 Å². The van der Waals surface area contributed by atoms with Crippen molar-refractivity contribution in [2.45, 2.75) is 39.2 Å². The highest BCUT2D eigenvalue weighted by Crippen LogP contribution is 2.15. The number of hydrogen-bond acceptors (Lipinski definition) is 3. The summed E-state index contributed by atoms with van der Waals surface area (Å²) in [6.07, 6.45) is 3.71. The van der Waals surface area contributed by atoms with Crippen LogP contribution in [0.1, 0.15) is 32.3 Å². The minimum Gasteiger partial charge on any atom is -0.508 e. The van der Waals surface area contributed by atoms with Gasteiger partial charge < -0.3 is 15.3 Å². The zero-order chi connectivity index (χ0) is 14.4. The lowest BCUT2D eigenvalue weighted by Crippen LogP contribution is -2.40. The monoisotopic (exact) mass is 276 g/mol. The Morgan fingerprint density at radius 3 is 2.55 bits per heavy atom. The molecule has 1 aromatic rings. The van der Waals surface area contributed by atoms with Crippen molar-refractivity contribution in [2.75, 3.05) is 26.2 Å². The largest absolute Gasteiger partial charge is 0.508 e. The van der Waals surface area contributed by atoms with Crippen molar-refractivity contribution >= 4 is 0 Å². The zero-order valence-corrected chi connectivity index (χ0v) is 12.8. The molecule has 0 spiro atoms. The minimum atomic E-state index is 0.341. The van der Waals surface area contributed by atoms with Crippen LogP contribution in [0.5, 0.6) is 5.75 Å². The number of rotatable bonds is 6. The van der Waals surface area contributed by atoms with Crippen molar-refractivity contribution in [1.82, 2.24) is 10.2 Å². The predicted octanol–water partition coefficient (Wildman–Crippen LogP) is 2.64. The highest BCUT2D eigenvalue weighted by atomic mass is 16.3. The van der Waals surface area contributed by atoms with E-state index in [1.165, 1.54) is 31.5 Å². The molecule has 1 saturated heterocycles. The molecule has 20 heavy (non-hydrogen) atoms. The lowest BCUT2D eigenvalue weighted by molar-refractivity contribution is 0.191. The number of piperidine rings is 1. The van der Waals surface area contributed by atoms with Crippen LogP contribution in [0.3, 0.4) is 0 Å². The summed E-state index contributed by atoms with van der Waals surface area (Å²) in [6.45, 7) is 9.32. The van der Waals surface area contributed by atoms with Crippen LogP contribution in [0.15, 0.2) is 24.3 Å². The number of benzene rings is 1. The van der Waals surface area contributed by atoms with Crippen molar-refractivity contribution in [3.05, 3.63) is 29.8 Å². The maximum Gasteiger partial charge on any atom is 0.115 e. The summed E-state index contributed by atoms with van der Waals surface area (Å²) in [5, 5.41) is 12.9. The number of aromatic hydroxyl groups is 1. The molecule has 0 amide bonds. The molecular formula is C17H28N2O. The predicted molar refractivity (Wildman–Crippen MR) is 84.1 cm³/mol. The van der Waals surface area contributed by atoms with Crippen LogP contribution in [0, 0.1) is 5.92 Å². The van der Waals surface area contributed by atoms with Crippen molar-refractivity contribution in [1.29, 1.82) is 0 Å². The van der Waals surface area contributed by atoms with E-state index in [0.29, 0.717) is 11.8 Å². The van der Waals surface area contributed by atoms with E-state index in [1.807, 2.05) is 12.1 Å². The van der Waals surface area contributed by atoms with Gasteiger partial charge in [0.1, 0.15) is 5.75 Å². The van der Waals surface area contributed by atoms with Crippen molar-refractivity contribution < 1.29 is 5.11 Å². The molecule has 1 fully saturated rings. The third-order valence-electron chi connectivity index (χ3n) is 4.28. The van der Waals surface area contributed by atoms with Gasteiger partial charge in [-0.05, 0) is 62.9 Å². The Hall–Kier alpha value is -1.06. The molecule has 1 atom stereocenters. The van der Waals surface area contributed by atoms with E-state index in [-0.39, 0.29) is 0 Å². The standard InChI is InChI=1S/C17H28N2O/c1-14-7-10-19(11-8-14)12-9-18-15(2)13-16-3-5-17(20)6-4-16/h3-6,14-15,18,20H,7-13H2,1-2H3. The summed E-state index contributed by atoms with van der Waals surface area (Å²) in [4.78, 5) is 2.57. The second-order valence-electron chi connectivity index (χ2n) is 6.25. The third-order valence-corrected chi connectivity index (χ3v) is 4.28. The molecule has 0 radical (unpaired) electrons. The van der Waals surface area contributed by atoms with Crippen LogP contribution in [0.4, 0.5) is 0 Å². The van der Waals surface area contributed by atoms with Gasteiger partial charge >= 0.3 is 0 Å². The Kier molecular flexibility index (Phi) is 5.86. The molecule has 2 N–H and O–H groups in total. The van der Waals surface area contributed by atoms with Crippen LogP contribution in [0.25, 0.3) is 0 Å². The first-order valence-electron chi connectivity index (χ1n) is 7.87. The first-order valence-corrected chi connectivity index (χ1v) is 7.87. The van der Waals surface area contributed by atoms with E-state index < -0.39 is 0 Å². The van der Waals surface area contributed by atoms with E-state index in [1.54, 1.807) is 12.1 Å². The van der Waals surface area contributed by atoms with Crippen LogP contribution in [0.2, 0.25) is 0 Å². The lowest BCUT2D eigenvalue weighted by Gasteiger charge is -2.30. The molecular weight excluding hydrogens is 248 g/mol. The molecule has 0 aliphatic carbocycles. The van der Waals surface area contributed by atoms with Gasteiger partial charge in [-0.25, -0.2) is 0 Å². The summed E-state index contributed by atoms with van der Waals surface area (Å²) < 4.78 is 0. The van der Waals surface area contributed by atoms with Gasteiger partial charge in [0, 0.05) is 19.1 Å². The topological polar surface area (TPSA) is 35.5 Å². The molecule has 112 valence electrons. The quantitative estimate of drug-likeness (QED) is 0.838. The average Bonchev–Trinajstić information content (AvgIpc) is 2.44. The molecule has 2 rings (SSSR count).